The van der Waals surface area contributed by atoms with Crippen LogP contribution < -0.4 is 10.0 Å². The molecule has 2 aromatic carbocycles. The van der Waals surface area contributed by atoms with Gasteiger partial charge in [0.1, 0.15) is 0 Å². The highest BCUT2D eigenvalue weighted by molar-refractivity contribution is 9.10. The number of anilines is 1. The Kier molecular flexibility index (Phi) is 7.91. The molecule has 0 aromatic heterocycles. The molecule has 0 atom stereocenters. The number of amides is 1. The molecule has 2 aromatic rings. The molecule has 1 aliphatic rings. The number of piperidine rings is 1. The van der Waals surface area contributed by atoms with Crippen molar-refractivity contribution in [3.05, 3.63) is 58.6 Å². The average Bonchev–Trinajstić information content (AvgIpc) is 2.73. The highest BCUT2D eigenvalue weighted by Crippen LogP contribution is 2.20. The smallest absolute Gasteiger partial charge is 0.261 e. The second kappa shape index (κ2) is 10.4. The number of nitrogens with one attached hydrogen (secondary N) is 2. The van der Waals surface area contributed by atoms with Gasteiger partial charge in [-0.1, -0.05) is 35.3 Å². The maximum Gasteiger partial charge on any atom is 0.261 e. The molecule has 8 heteroatoms. The molecule has 0 saturated carbocycles. The standard InChI is InChI=1S/C22H28BrN3O3S/c1-2-3-13-26-14-11-19(12-15-26)24-22(27)17-5-4-6-20(16-17)25-30(28,29)21-9-7-18(23)8-10-21/h4-10,16,19,25H,2-3,11-15H2,1H3,(H,24,27). The zero-order chi connectivity index (χ0) is 21.6. The van der Waals surface area contributed by atoms with Crippen LogP contribution in [-0.2, 0) is 10.0 Å². The third kappa shape index (κ3) is 6.30. The number of benzene rings is 2. The van der Waals surface area contributed by atoms with Crippen molar-refractivity contribution in [3.8, 4) is 0 Å². The van der Waals surface area contributed by atoms with Gasteiger partial charge in [-0.2, -0.15) is 0 Å². The van der Waals surface area contributed by atoms with Crippen molar-refractivity contribution < 1.29 is 13.2 Å². The summed E-state index contributed by atoms with van der Waals surface area (Å²) in [6.07, 6.45) is 4.27. The summed E-state index contributed by atoms with van der Waals surface area (Å²) in [5.41, 5.74) is 0.805. The van der Waals surface area contributed by atoms with E-state index in [9.17, 15) is 13.2 Å². The average molecular weight is 494 g/mol. The third-order valence-corrected chi connectivity index (χ3v) is 7.18. The largest absolute Gasteiger partial charge is 0.349 e. The van der Waals surface area contributed by atoms with Gasteiger partial charge in [0.2, 0.25) is 0 Å². The van der Waals surface area contributed by atoms with Crippen LogP contribution >= 0.6 is 15.9 Å². The molecule has 1 saturated heterocycles. The fourth-order valence-electron chi connectivity index (χ4n) is 3.50. The Bertz CT molecular complexity index is 956. The monoisotopic (exact) mass is 493 g/mol. The lowest BCUT2D eigenvalue weighted by molar-refractivity contribution is 0.0911. The zero-order valence-electron chi connectivity index (χ0n) is 17.1. The Labute approximate surface area is 187 Å². The van der Waals surface area contributed by atoms with Crippen molar-refractivity contribution in [3.63, 3.8) is 0 Å². The van der Waals surface area contributed by atoms with Gasteiger partial charge >= 0.3 is 0 Å². The SMILES string of the molecule is CCCCN1CCC(NC(=O)c2cccc(NS(=O)(=O)c3ccc(Br)cc3)c2)CC1. The van der Waals surface area contributed by atoms with Crippen LogP contribution in [0.25, 0.3) is 0 Å². The number of unbranched alkanes of at least 4 members (excludes halogenated alkanes) is 1. The lowest BCUT2D eigenvalue weighted by Gasteiger charge is -2.32. The molecule has 30 heavy (non-hydrogen) atoms. The second-order valence-corrected chi connectivity index (χ2v) is 10.2. The van der Waals surface area contributed by atoms with Crippen LogP contribution in [0.5, 0.6) is 0 Å². The maximum atomic E-state index is 12.7. The molecule has 1 fully saturated rings. The van der Waals surface area contributed by atoms with Crippen LogP contribution in [0.15, 0.2) is 57.9 Å². The number of halogens is 1. The minimum atomic E-state index is -3.72. The molecule has 0 spiro atoms. The van der Waals surface area contributed by atoms with E-state index in [1.165, 1.54) is 25.0 Å². The van der Waals surface area contributed by atoms with E-state index in [1.807, 2.05) is 0 Å². The van der Waals surface area contributed by atoms with Crippen molar-refractivity contribution in [1.29, 1.82) is 0 Å². The Hall–Kier alpha value is -1.90. The summed E-state index contributed by atoms with van der Waals surface area (Å²) >= 11 is 3.30. The quantitative estimate of drug-likeness (QED) is 0.576. The fraction of sp³-hybridized carbons (Fsp3) is 0.409. The number of sulfonamides is 1. The van der Waals surface area contributed by atoms with E-state index in [1.54, 1.807) is 36.4 Å². The van der Waals surface area contributed by atoms with E-state index in [2.05, 4.69) is 37.8 Å². The minimum Gasteiger partial charge on any atom is -0.349 e. The number of rotatable bonds is 8. The molecule has 0 aliphatic carbocycles. The molecule has 0 unspecified atom stereocenters. The number of nitrogens with zero attached hydrogens (tertiary/aromatic N) is 1. The summed E-state index contributed by atoms with van der Waals surface area (Å²) < 4.78 is 28.5. The van der Waals surface area contributed by atoms with E-state index < -0.39 is 10.0 Å². The molecule has 162 valence electrons. The van der Waals surface area contributed by atoms with E-state index in [4.69, 9.17) is 0 Å². The number of hydrogen-bond donors (Lipinski definition) is 2. The Morgan fingerprint density at radius 1 is 1.13 bits per heavy atom. The second-order valence-electron chi connectivity index (χ2n) is 7.58. The summed E-state index contributed by atoms with van der Waals surface area (Å²) in [6.45, 7) is 5.31. The summed E-state index contributed by atoms with van der Waals surface area (Å²) in [6, 6.07) is 13.1. The first kappa shape index (κ1) is 22.8. The first-order chi connectivity index (χ1) is 14.4. The summed E-state index contributed by atoms with van der Waals surface area (Å²) in [5.74, 6) is -0.174. The van der Waals surface area contributed by atoms with Gasteiger partial charge in [0.15, 0.2) is 0 Å². The molecule has 1 aliphatic heterocycles. The van der Waals surface area contributed by atoms with Crippen LogP contribution in [0.1, 0.15) is 43.0 Å². The van der Waals surface area contributed by atoms with E-state index in [0.717, 1.165) is 36.9 Å². The topological polar surface area (TPSA) is 78.5 Å². The third-order valence-electron chi connectivity index (χ3n) is 5.25. The van der Waals surface area contributed by atoms with Gasteiger partial charge in [-0.05, 0) is 68.3 Å². The molecular weight excluding hydrogens is 466 g/mol. The van der Waals surface area contributed by atoms with Crippen molar-refractivity contribution in [2.45, 2.75) is 43.5 Å². The Morgan fingerprint density at radius 3 is 2.50 bits per heavy atom. The molecule has 2 N–H and O–H groups in total. The van der Waals surface area contributed by atoms with Crippen LogP contribution in [0, 0.1) is 0 Å². The summed E-state index contributed by atoms with van der Waals surface area (Å²) in [7, 11) is -3.72. The Balaban J connectivity index is 1.60. The molecule has 6 nitrogen and oxygen atoms in total. The number of carbonyl (C=O) groups is 1. The van der Waals surface area contributed by atoms with E-state index >= 15 is 0 Å². The molecule has 1 heterocycles. The van der Waals surface area contributed by atoms with Crippen molar-refractivity contribution in [2.24, 2.45) is 0 Å². The fourth-order valence-corrected chi connectivity index (χ4v) is 4.82. The van der Waals surface area contributed by atoms with Gasteiger partial charge < -0.3 is 10.2 Å². The highest BCUT2D eigenvalue weighted by atomic mass is 79.9. The van der Waals surface area contributed by atoms with Crippen LogP contribution in [-0.4, -0.2) is 44.9 Å². The summed E-state index contributed by atoms with van der Waals surface area (Å²) in [4.78, 5) is 15.3. The molecular formula is C22H28BrN3O3S. The molecule has 0 radical (unpaired) electrons. The van der Waals surface area contributed by atoms with Crippen molar-refractivity contribution in [1.82, 2.24) is 10.2 Å². The van der Waals surface area contributed by atoms with Crippen LogP contribution in [0.4, 0.5) is 5.69 Å². The molecule has 3 rings (SSSR count). The Morgan fingerprint density at radius 2 is 1.83 bits per heavy atom. The molecule has 1 amide bonds. The van der Waals surface area contributed by atoms with Gasteiger partial charge in [0.05, 0.1) is 4.90 Å². The first-order valence-electron chi connectivity index (χ1n) is 10.3. The minimum absolute atomic E-state index is 0.151. The van der Waals surface area contributed by atoms with Gasteiger partial charge in [0, 0.05) is 34.9 Å². The first-order valence-corrected chi connectivity index (χ1v) is 12.6. The number of hydrogen-bond acceptors (Lipinski definition) is 4. The summed E-state index contributed by atoms with van der Waals surface area (Å²) in [5, 5.41) is 3.09. The maximum absolute atomic E-state index is 12.7. The van der Waals surface area contributed by atoms with Gasteiger partial charge in [-0.3, -0.25) is 9.52 Å². The van der Waals surface area contributed by atoms with Crippen molar-refractivity contribution in [2.75, 3.05) is 24.4 Å². The van der Waals surface area contributed by atoms with Crippen LogP contribution in [0.2, 0.25) is 0 Å². The van der Waals surface area contributed by atoms with Crippen molar-refractivity contribution >= 4 is 37.5 Å². The van der Waals surface area contributed by atoms with Crippen LogP contribution in [0.3, 0.4) is 0 Å². The number of carbonyl (C=O) groups excluding carboxylic acids is 1. The predicted molar refractivity (Wildman–Crippen MR) is 123 cm³/mol. The lowest BCUT2D eigenvalue weighted by atomic mass is 10.0. The van der Waals surface area contributed by atoms with Gasteiger partial charge in [-0.15, -0.1) is 0 Å². The van der Waals surface area contributed by atoms with E-state index in [0.29, 0.717) is 11.3 Å². The predicted octanol–water partition coefficient (Wildman–Crippen LogP) is 4.24. The lowest BCUT2D eigenvalue weighted by Crippen LogP contribution is -2.44. The van der Waals surface area contributed by atoms with Gasteiger partial charge in [-0.25, -0.2) is 8.42 Å². The highest BCUT2D eigenvalue weighted by Gasteiger charge is 2.21. The number of likely N-dealkylation sites (tertiary alicyclic amines) is 1. The zero-order valence-corrected chi connectivity index (χ0v) is 19.5. The normalized spacial score (nSPS) is 15.7. The van der Waals surface area contributed by atoms with Gasteiger partial charge in [0.25, 0.3) is 15.9 Å². The molecule has 0 bridgehead atoms. The van der Waals surface area contributed by atoms with E-state index in [-0.39, 0.29) is 16.8 Å².